The third-order valence-electron chi connectivity index (χ3n) is 7.69. The van der Waals surface area contributed by atoms with Crippen LogP contribution in [0.2, 0.25) is 0 Å². The Balaban J connectivity index is 0.00000185. The summed E-state index contributed by atoms with van der Waals surface area (Å²) in [5.41, 5.74) is 8.35. The number of nitrogens with one attached hydrogen (secondary N) is 1. The topological polar surface area (TPSA) is 29.1 Å². The van der Waals surface area contributed by atoms with E-state index in [1.807, 2.05) is 6.07 Å². The fourth-order valence-electron chi connectivity index (χ4n) is 6.01. The van der Waals surface area contributed by atoms with Crippen LogP contribution in [0.25, 0.3) is 11.1 Å². The number of hydrogen-bond donors (Lipinski definition) is 1. The molecule has 5 aromatic rings. The van der Waals surface area contributed by atoms with Gasteiger partial charge in [-0.25, -0.2) is 0 Å². The van der Waals surface area contributed by atoms with Crippen molar-refractivity contribution < 1.29 is 50.5 Å². The van der Waals surface area contributed by atoms with Crippen LogP contribution in [0.4, 0.5) is 0 Å². The van der Waals surface area contributed by atoms with E-state index in [1.54, 1.807) is 0 Å². The summed E-state index contributed by atoms with van der Waals surface area (Å²) in [6.07, 6.45) is 0. The van der Waals surface area contributed by atoms with E-state index in [0.29, 0.717) is 0 Å². The zero-order valence-corrected chi connectivity index (χ0v) is 28.7. The van der Waals surface area contributed by atoms with Crippen LogP contribution in [0.5, 0.6) is 0 Å². The molecular weight excluding hydrogens is 716 g/mol. The van der Waals surface area contributed by atoms with Crippen LogP contribution < -0.4 is 38.5 Å². The van der Waals surface area contributed by atoms with Crippen LogP contribution in [0.1, 0.15) is 36.3 Å². The van der Waals surface area contributed by atoms with Gasteiger partial charge < -0.3 is 24.8 Å². The van der Waals surface area contributed by atoms with Gasteiger partial charge in [0.2, 0.25) is 0 Å². The van der Waals surface area contributed by atoms with E-state index < -0.39 is 26.9 Å². The van der Waals surface area contributed by atoms with Crippen molar-refractivity contribution in [1.82, 2.24) is 3.30 Å². The molecular formula is C34H30Cl2HfNOSi. The third-order valence-corrected chi connectivity index (χ3v) is 34.5. The minimum Gasteiger partial charge on any atom is -1.00 e. The Bertz CT molecular complexity index is 1510. The predicted octanol–water partition coefficient (Wildman–Crippen LogP) is -0.117. The number of hydrogen-bond acceptors (Lipinski definition) is 1. The molecule has 0 unspecified atom stereocenters. The average molecular weight is 746 g/mol. The molecule has 40 heavy (non-hydrogen) atoms. The molecule has 0 fully saturated rings. The second kappa shape index (κ2) is 13.3. The fourth-order valence-corrected chi connectivity index (χ4v) is 36.0. The molecule has 0 aliphatic heterocycles. The standard InChI is InChI=1S/C13H9.C12H11Si.C9H11NO.2ClH.Hf/c1-3-7-12-10(5-1)9-11-6-2-4-8-13(11)12;1-3-7-11(8-4-1)13-12-9-5-2-6-10-12;1-6-4-3-5-7(2)8(6)9(10)11;;;/h1-9H;1-10,13H;3-5H,1-2H3,(H2,10,11);2*1H;/q;;;;;+3/p-3. The normalized spacial score (nSPS) is 11.6. The van der Waals surface area contributed by atoms with Gasteiger partial charge >= 0.3 is 235 Å². The van der Waals surface area contributed by atoms with E-state index in [0.717, 1.165) is 16.7 Å². The Kier molecular flexibility index (Phi) is 10.0. The quantitative estimate of drug-likeness (QED) is 0.242. The first kappa shape index (κ1) is 30.2. The summed E-state index contributed by atoms with van der Waals surface area (Å²) >= 11 is -3.12. The second-order valence-corrected chi connectivity index (χ2v) is 29.8. The van der Waals surface area contributed by atoms with Gasteiger partial charge in [-0.05, 0) is 0 Å². The number of aryl methyl sites for hydroxylation is 2. The Hall–Kier alpha value is -2.76. The fraction of sp³-hybridized carbons (Fsp3) is 0.0882. The first-order valence-corrected chi connectivity index (χ1v) is 25.0. The van der Waals surface area contributed by atoms with E-state index in [9.17, 15) is 4.79 Å². The van der Waals surface area contributed by atoms with Gasteiger partial charge in [0, 0.05) is 0 Å². The molecule has 6 rings (SSSR count). The summed E-state index contributed by atoms with van der Waals surface area (Å²) in [6, 6.07) is 45.9. The van der Waals surface area contributed by atoms with Crippen molar-refractivity contribution in [3.05, 3.63) is 155 Å². The number of carbonyl (C=O) groups is 1. The molecule has 1 N–H and O–H groups in total. The Labute approximate surface area is 258 Å². The largest absolute Gasteiger partial charge is 1.00 e. The molecule has 6 heteroatoms. The van der Waals surface area contributed by atoms with Crippen molar-refractivity contribution in [2.75, 3.05) is 0 Å². The van der Waals surface area contributed by atoms with Crippen molar-refractivity contribution >= 4 is 22.3 Å². The summed E-state index contributed by atoms with van der Waals surface area (Å²) in [6.45, 7) is 4.10. The van der Waals surface area contributed by atoms with Crippen molar-refractivity contribution in [1.29, 1.82) is 0 Å². The third kappa shape index (κ3) is 5.69. The monoisotopic (exact) mass is 746 g/mol. The van der Waals surface area contributed by atoms with E-state index >= 15 is 0 Å². The Morgan fingerprint density at radius 1 is 0.600 bits per heavy atom. The van der Waals surface area contributed by atoms with Gasteiger partial charge in [-0.2, -0.15) is 0 Å². The second-order valence-electron chi connectivity index (χ2n) is 10.0. The molecule has 0 saturated heterocycles. The maximum absolute atomic E-state index is 14.2. The maximum atomic E-state index is 14.2. The summed E-state index contributed by atoms with van der Waals surface area (Å²) in [7, 11) is 0. The number of rotatable bonds is 6. The molecule has 0 aromatic heterocycles. The summed E-state index contributed by atoms with van der Waals surface area (Å²) in [5, 5.41) is 2.84. The van der Waals surface area contributed by atoms with Gasteiger partial charge in [-0.3, -0.25) is 0 Å². The summed E-state index contributed by atoms with van der Waals surface area (Å²) in [4.78, 5) is 14.2. The van der Waals surface area contributed by atoms with E-state index in [1.165, 1.54) is 32.6 Å². The molecule has 0 bridgehead atoms. The van der Waals surface area contributed by atoms with Crippen molar-refractivity contribution in [3.8, 4) is 11.1 Å². The molecule has 0 spiro atoms. The Morgan fingerprint density at radius 2 is 1.02 bits per heavy atom. The molecule has 199 valence electrons. The average Bonchev–Trinajstić information content (AvgIpc) is 3.28. The van der Waals surface area contributed by atoms with Gasteiger partial charge in [-0.1, -0.05) is 0 Å². The summed E-state index contributed by atoms with van der Waals surface area (Å²) in [5.74, 6) is -1.66. The number of fused-ring (bicyclic) bond motifs is 3. The van der Waals surface area contributed by atoms with E-state index in [2.05, 4.69) is 138 Å². The molecule has 1 aliphatic carbocycles. The minimum atomic E-state index is -3.12. The number of benzene rings is 5. The van der Waals surface area contributed by atoms with Crippen LogP contribution in [-0.4, -0.2) is 11.9 Å². The number of amides is 1. The van der Waals surface area contributed by atoms with Gasteiger partial charge in [-0.15, -0.1) is 0 Å². The first-order valence-electron chi connectivity index (χ1n) is 13.2. The van der Waals surface area contributed by atoms with Crippen molar-refractivity contribution in [2.24, 2.45) is 0 Å². The van der Waals surface area contributed by atoms with Crippen molar-refractivity contribution in [3.63, 3.8) is 0 Å². The first-order chi connectivity index (χ1) is 18.6. The molecule has 0 radical (unpaired) electrons. The number of halogens is 2. The van der Waals surface area contributed by atoms with E-state index in [-0.39, 0.29) is 34.4 Å². The molecule has 2 nitrogen and oxygen atoms in total. The predicted molar refractivity (Wildman–Crippen MR) is 156 cm³/mol. The van der Waals surface area contributed by atoms with Crippen LogP contribution in [-0.2, 0) is 20.9 Å². The van der Waals surface area contributed by atoms with Crippen molar-refractivity contribution in [2.45, 2.75) is 17.5 Å². The van der Waals surface area contributed by atoms with Gasteiger partial charge in [0.15, 0.2) is 0 Å². The molecule has 0 heterocycles. The zero-order chi connectivity index (χ0) is 26.1. The Morgan fingerprint density at radius 3 is 1.50 bits per heavy atom. The van der Waals surface area contributed by atoms with Crippen LogP contribution >= 0.6 is 0 Å². The van der Waals surface area contributed by atoms with Gasteiger partial charge in [0.1, 0.15) is 0 Å². The molecule has 5 aromatic carbocycles. The van der Waals surface area contributed by atoms with Gasteiger partial charge in [0.25, 0.3) is 0 Å². The van der Waals surface area contributed by atoms with Gasteiger partial charge in [0.05, 0.1) is 0 Å². The molecule has 0 saturated carbocycles. The van der Waals surface area contributed by atoms with Crippen LogP contribution in [0, 0.1) is 13.8 Å². The smallest absolute Gasteiger partial charge is 1.00 e. The molecule has 1 amide bonds. The molecule has 1 aliphatic rings. The minimum absolute atomic E-state index is 0. The van der Waals surface area contributed by atoms with Crippen LogP contribution in [0.15, 0.2) is 127 Å². The summed E-state index contributed by atoms with van der Waals surface area (Å²) < 4.78 is 4.15. The van der Waals surface area contributed by atoms with Crippen LogP contribution in [0.3, 0.4) is 0 Å². The SMILES string of the molecule is Cc1cccc(C)c1C(=O)[NH][Hf+2]([CH]1c2ccccc2-c2ccccc21)[SiH](c1ccccc1)c1ccccc1.[Cl-].[Cl-]. The zero-order valence-electron chi connectivity index (χ0n) is 22.4. The number of carbonyl (C=O) groups excluding carboxylic acids is 1. The van der Waals surface area contributed by atoms with E-state index in [4.69, 9.17) is 0 Å². The molecule has 0 atom stereocenters. The maximum Gasteiger partial charge on any atom is -1.00 e.